The first-order chi connectivity index (χ1) is 9.38. The van der Waals surface area contributed by atoms with Gasteiger partial charge in [-0.1, -0.05) is 17.7 Å². The van der Waals surface area contributed by atoms with Crippen LogP contribution in [0.1, 0.15) is 11.1 Å². The number of rotatable bonds is 4. The van der Waals surface area contributed by atoms with Crippen LogP contribution in [-0.2, 0) is 20.9 Å². The van der Waals surface area contributed by atoms with Crippen LogP contribution in [0.3, 0.4) is 0 Å². The molecule has 8 heteroatoms. The van der Waals surface area contributed by atoms with E-state index in [0.717, 1.165) is 5.56 Å². The van der Waals surface area contributed by atoms with Crippen LogP contribution in [0.15, 0.2) is 35.4 Å². The lowest BCUT2D eigenvalue weighted by Gasteiger charge is -2.07. The van der Waals surface area contributed by atoms with E-state index in [-0.39, 0.29) is 23.3 Å². The predicted molar refractivity (Wildman–Crippen MR) is 74.0 cm³/mol. The minimum Gasteiger partial charge on any atom is -0.383 e. The number of nitrogen functional groups attached to an aromatic ring is 2. The molecule has 0 unspecified atom stereocenters. The number of nitrogens with two attached hydrogens (primary N) is 2. The number of hydrogen-bond donors (Lipinski definition) is 2. The van der Waals surface area contributed by atoms with E-state index in [9.17, 15) is 8.42 Å². The van der Waals surface area contributed by atoms with Crippen molar-refractivity contribution in [2.24, 2.45) is 0 Å². The lowest BCUT2D eigenvalue weighted by atomic mass is 10.2. The van der Waals surface area contributed by atoms with Gasteiger partial charge in [-0.2, -0.15) is 13.4 Å². The Morgan fingerprint density at radius 2 is 1.85 bits per heavy atom. The first kappa shape index (κ1) is 14.2. The highest BCUT2D eigenvalue weighted by Crippen LogP contribution is 2.17. The molecule has 0 aliphatic rings. The fourth-order valence-electron chi connectivity index (χ4n) is 1.46. The summed E-state index contributed by atoms with van der Waals surface area (Å²) in [5.74, 6) is 0.115. The molecule has 0 amide bonds. The van der Waals surface area contributed by atoms with E-state index in [0.29, 0.717) is 5.56 Å². The third kappa shape index (κ3) is 3.22. The summed E-state index contributed by atoms with van der Waals surface area (Å²) in [6.07, 6.45) is 1.34. The largest absolute Gasteiger partial charge is 0.383 e. The first-order valence-electron chi connectivity index (χ1n) is 5.71. The minimum atomic E-state index is -3.84. The van der Waals surface area contributed by atoms with Gasteiger partial charge in [-0.05, 0) is 19.1 Å². The average molecular weight is 294 g/mol. The van der Waals surface area contributed by atoms with E-state index in [1.54, 1.807) is 12.1 Å². The summed E-state index contributed by atoms with van der Waals surface area (Å²) in [7, 11) is -3.84. The number of aromatic nitrogens is 2. The summed E-state index contributed by atoms with van der Waals surface area (Å²) in [5.41, 5.74) is 12.3. The van der Waals surface area contributed by atoms with Gasteiger partial charge in [-0.3, -0.25) is 4.18 Å². The van der Waals surface area contributed by atoms with E-state index < -0.39 is 10.1 Å². The summed E-state index contributed by atoms with van der Waals surface area (Å²) < 4.78 is 28.9. The molecule has 1 heterocycles. The molecule has 0 saturated carbocycles. The lowest BCUT2D eigenvalue weighted by Crippen LogP contribution is -2.09. The summed E-state index contributed by atoms with van der Waals surface area (Å²) in [5, 5.41) is 0. The van der Waals surface area contributed by atoms with E-state index in [1.165, 1.54) is 18.3 Å². The molecule has 0 atom stereocenters. The number of benzene rings is 1. The third-order valence-corrected chi connectivity index (χ3v) is 3.87. The number of anilines is 2. The van der Waals surface area contributed by atoms with Crippen molar-refractivity contribution < 1.29 is 12.6 Å². The van der Waals surface area contributed by atoms with Crippen molar-refractivity contribution in [3.8, 4) is 0 Å². The van der Waals surface area contributed by atoms with Gasteiger partial charge in [0, 0.05) is 11.8 Å². The van der Waals surface area contributed by atoms with Crippen LogP contribution >= 0.6 is 0 Å². The molecule has 106 valence electrons. The zero-order valence-corrected chi connectivity index (χ0v) is 11.6. The molecule has 0 fully saturated rings. The summed E-state index contributed by atoms with van der Waals surface area (Å²) in [4.78, 5) is 7.55. The number of nitrogens with zero attached hydrogens (tertiary/aromatic N) is 2. The fourth-order valence-corrected chi connectivity index (χ4v) is 2.35. The molecule has 1 aromatic heterocycles. The SMILES string of the molecule is Cc1ccc(S(=O)(=O)OCc2cnc(N)nc2N)cc1. The van der Waals surface area contributed by atoms with Crippen LogP contribution in [0.4, 0.5) is 11.8 Å². The minimum absolute atomic E-state index is 0.0210. The van der Waals surface area contributed by atoms with Crippen molar-refractivity contribution in [1.29, 1.82) is 0 Å². The number of aryl methyl sites for hydroxylation is 1. The molecule has 20 heavy (non-hydrogen) atoms. The van der Waals surface area contributed by atoms with Gasteiger partial charge in [0.15, 0.2) is 0 Å². The smallest absolute Gasteiger partial charge is 0.297 e. The average Bonchev–Trinajstić information content (AvgIpc) is 2.38. The highest BCUT2D eigenvalue weighted by atomic mass is 32.2. The second-order valence-electron chi connectivity index (χ2n) is 4.17. The van der Waals surface area contributed by atoms with Crippen LogP contribution in [-0.4, -0.2) is 18.4 Å². The monoisotopic (exact) mass is 294 g/mol. The first-order valence-corrected chi connectivity index (χ1v) is 7.12. The van der Waals surface area contributed by atoms with Gasteiger partial charge < -0.3 is 11.5 Å². The van der Waals surface area contributed by atoms with Crippen molar-refractivity contribution in [2.75, 3.05) is 11.5 Å². The highest BCUT2D eigenvalue weighted by molar-refractivity contribution is 7.86. The van der Waals surface area contributed by atoms with Gasteiger partial charge >= 0.3 is 0 Å². The summed E-state index contributed by atoms with van der Waals surface area (Å²) in [6, 6.07) is 6.34. The Morgan fingerprint density at radius 3 is 2.45 bits per heavy atom. The molecule has 0 spiro atoms. The Bertz CT molecular complexity index is 714. The van der Waals surface area contributed by atoms with Gasteiger partial charge in [-0.15, -0.1) is 0 Å². The molecule has 0 aliphatic heterocycles. The predicted octanol–water partition coefficient (Wildman–Crippen LogP) is 0.855. The van der Waals surface area contributed by atoms with Crippen LogP contribution < -0.4 is 11.5 Å². The van der Waals surface area contributed by atoms with Gasteiger partial charge in [-0.25, -0.2) is 4.98 Å². The van der Waals surface area contributed by atoms with Crippen molar-refractivity contribution in [3.63, 3.8) is 0 Å². The van der Waals surface area contributed by atoms with Crippen molar-refractivity contribution in [1.82, 2.24) is 9.97 Å². The maximum absolute atomic E-state index is 12.0. The number of hydrogen-bond acceptors (Lipinski definition) is 7. The second kappa shape index (κ2) is 5.43. The molecule has 7 nitrogen and oxygen atoms in total. The topological polar surface area (TPSA) is 121 Å². The van der Waals surface area contributed by atoms with Gasteiger partial charge in [0.05, 0.1) is 11.5 Å². The van der Waals surface area contributed by atoms with Crippen LogP contribution in [0.25, 0.3) is 0 Å². The van der Waals surface area contributed by atoms with Crippen LogP contribution in [0, 0.1) is 6.92 Å². The van der Waals surface area contributed by atoms with Crippen molar-refractivity contribution in [2.45, 2.75) is 18.4 Å². The second-order valence-corrected chi connectivity index (χ2v) is 5.78. The summed E-state index contributed by atoms with van der Waals surface area (Å²) in [6.45, 7) is 1.62. The Balaban J connectivity index is 2.15. The summed E-state index contributed by atoms with van der Waals surface area (Å²) >= 11 is 0. The van der Waals surface area contributed by atoms with Crippen molar-refractivity contribution in [3.05, 3.63) is 41.6 Å². The fraction of sp³-hybridized carbons (Fsp3) is 0.167. The lowest BCUT2D eigenvalue weighted by molar-refractivity contribution is 0.308. The van der Waals surface area contributed by atoms with E-state index >= 15 is 0 Å². The molecule has 2 rings (SSSR count). The maximum Gasteiger partial charge on any atom is 0.297 e. The molecule has 0 bridgehead atoms. The molecule has 0 radical (unpaired) electrons. The molecule has 0 saturated heterocycles. The third-order valence-electron chi connectivity index (χ3n) is 2.60. The Hall–Kier alpha value is -2.19. The van der Waals surface area contributed by atoms with E-state index in [4.69, 9.17) is 15.7 Å². The highest BCUT2D eigenvalue weighted by Gasteiger charge is 2.16. The molecular weight excluding hydrogens is 280 g/mol. The molecule has 4 N–H and O–H groups in total. The molecule has 1 aromatic carbocycles. The zero-order chi connectivity index (χ0) is 14.8. The Kier molecular flexibility index (Phi) is 3.86. The zero-order valence-electron chi connectivity index (χ0n) is 10.8. The quantitative estimate of drug-likeness (QED) is 0.802. The van der Waals surface area contributed by atoms with Crippen molar-refractivity contribution >= 4 is 21.9 Å². The Morgan fingerprint density at radius 1 is 1.20 bits per heavy atom. The van der Waals surface area contributed by atoms with Crippen LogP contribution in [0.5, 0.6) is 0 Å². The van der Waals surface area contributed by atoms with Gasteiger partial charge in [0.1, 0.15) is 5.82 Å². The normalized spacial score (nSPS) is 11.4. The van der Waals surface area contributed by atoms with E-state index in [1.807, 2.05) is 6.92 Å². The molecule has 0 aliphatic carbocycles. The van der Waals surface area contributed by atoms with Crippen LogP contribution in [0.2, 0.25) is 0 Å². The maximum atomic E-state index is 12.0. The van der Waals surface area contributed by atoms with E-state index in [2.05, 4.69) is 9.97 Å². The van der Waals surface area contributed by atoms with Gasteiger partial charge in [0.25, 0.3) is 10.1 Å². The van der Waals surface area contributed by atoms with Gasteiger partial charge in [0.2, 0.25) is 5.95 Å². The standard InChI is InChI=1S/C12H14N4O3S/c1-8-2-4-10(5-3-8)20(17,18)19-7-9-6-15-12(14)16-11(9)13/h2-6H,7H2,1H3,(H4,13,14,15,16). The Labute approximate surface area is 116 Å². The molecule has 2 aromatic rings. The molecular formula is C12H14N4O3S.